The summed E-state index contributed by atoms with van der Waals surface area (Å²) in [5.41, 5.74) is 15.9. The fourth-order valence-corrected chi connectivity index (χ4v) is 4.74. The molecule has 1 aromatic heterocycles. The molecule has 28 heavy (non-hydrogen) atoms. The molecule has 1 aromatic carbocycles. The van der Waals surface area contributed by atoms with Gasteiger partial charge in [-0.25, -0.2) is 9.37 Å². The fourth-order valence-electron chi connectivity index (χ4n) is 4.74. The number of rotatable bonds is 3. The first-order valence-electron chi connectivity index (χ1n) is 10.0. The Morgan fingerprint density at radius 3 is 2.86 bits per heavy atom. The Labute approximate surface area is 166 Å². The number of aromatic nitrogens is 1. The molecule has 4 heteroatoms. The molecule has 0 saturated carbocycles. The van der Waals surface area contributed by atoms with Gasteiger partial charge in [0.1, 0.15) is 5.82 Å². The van der Waals surface area contributed by atoms with Gasteiger partial charge in [0.05, 0.1) is 16.9 Å². The first-order chi connectivity index (χ1) is 13.4. The molecule has 1 aliphatic carbocycles. The number of halogens is 1. The van der Waals surface area contributed by atoms with Gasteiger partial charge in [0, 0.05) is 36.7 Å². The molecule has 0 bridgehead atoms. The van der Waals surface area contributed by atoms with Crippen molar-refractivity contribution in [2.75, 3.05) is 7.05 Å². The van der Waals surface area contributed by atoms with Crippen LogP contribution in [0.1, 0.15) is 60.7 Å². The second kappa shape index (κ2) is 6.85. The van der Waals surface area contributed by atoms with Crippen molar-refractivity contribution in [3.63, 3.8) is 0 Å². The second-order valence-electron chi connectivity index (χ2n) is 8.01. The van der Waals surface area contributed by atoms with Crippen LogP contribution in [0.2, 0.25) is 0 Å². The first kappa shape index (κ1) is 18.9. The van der Waals surface area contributed by atoms with Crippen LogP contribution < -0.4 is 5.73 Å². The van der Waals surface area contributed by atoms with Gasteiger partial charge in [-0.3, -0.25) is 0 Å². The zero-order valence-corrected chi connectivity index (χ0v) is 17.2. The lowest BCUT2D eigenvalue weighted by molar-refractivity contribution is 0.495. The maximum Gasteiger partial charge on any atom is 0.128 e. The maximum atomic E-state index is 14.6. The van der Waals surface area contributed by atoms with E-state index in [9.17, 15) is 4.39 Å². The summed E-state index contributed by atoms with van der Waals surface area (Å²) in [7, 11) is 2.08. The Morgan fingerprint density at radius 2 is 2.18 bits per heavy atom. The summed E-state index contributed by atoms with van der Waals surface area (Å²) in [6.45, 7) is 10.8. The molecule has 0 fully saturated rings. The summed E-state index contributed by atoms with van der Waals surface area (Å²) in [5.74, 6) is -0.177. The summed E-state index contributed by atoms with van der Waals surface area (Å²) in [6, 6.07) is 1.55. The number of benzene rings is 1. The van der Waals surface area contributed by atoms with E-state index in [1.54, 1.807) is 6.07 Å². The van der Waals surface area contributed by atoms with Gasteiger partial charge in [0.25, 0.3) is 0 Å². The van der Waals surface area contributed by atoms with E-state index in [0.717, 1.165) is 59.2 Å². The van der Waals surface area contributed by atoms with Gasteiger partial charge in [-0.05, 0) is 67.0 Å². The van der Waals surface area contributed by atoms with Crippen molar-refractivity contribution in [1.82, 2.24) is 9.88 Å². The molecule has 2 heterocycles. The molecule has 4 rings (SSSR count). The third-order valence-corrected chi connectivity index (χ3v) is 6.36. The standard InChI is InChI=1S/C24H28FN3/c1-6-15(7-2)13(3)10-21-24-17(12-28(21)5)22-19(26)9-8-16-14(4)18(25)11-20(27-24)23(16)22/h6,10-11,19H,1,7-9,12,26H2,2-5H3/b15-13+,21-10-. The predicted octanol–water partition coefficient (Wildman–Crippen LogP) is 5.33. The Hall–Kier alpha value is -2.46. The Balaban J connectivity index is 2.03. The number of nitrogens with zero attached hydrogens (tertiary/aromatic N) is 2. The first-order valence-corrected chi connectivity index (χ1v) is 10.0. The second-order valence-corrected chi connectivity index (χ2v) is 8.01. The molecular weight excluding hydrogens is 349 g/mol. The van der Waals surface area contributed by atoms with Gasteiger partial charge >= 0.3 is 0 Å². The maximum absolute atomic E-state index is 14.6. The van der Waals surface area contributed by atoms with Gasteiger partial charge in [-0.1, -0.05) is 19.6 Å². The number of pyridine rings is 1. The zero-order valence-electron chi connectivity index (χ0n) is 17.2. The molecule has 1 atom stereocenters. The summed E-state index contributed by atoms with van der Waals surface area (Å²) in [5, 5.41) is 1.08. The molecular formula is C24H28FN3. The van der Waals surface area contributed by atoms with Crippen LogP contribution in [0.15, 0.2) is 35.9 Å². The van der Waals surface area contributed by atoms with Gasteiger partial charge in [0.2, 0.25) is 0 Å². The van der Waals surface area contributed by atoms with Gasteiger partial charge in [-0.2, -0.15) is 0 Å². The highest BCUT2D eigenvalue weighted by molar-refractivity contribution is 5.92. The van der Waals surface area contributed by atoms with Crippen LogP contribution in [0.25, 0.3) is 16.6 Å². The van der Waals surface area contributed by atoms with Crippen LogP contribution >= 0.6 is 0 Å². The minimum Gasteiger partial charge on any atom is -0.368 e. The summed E-state index contributed by atoms with van der Waals surface area (Å²) >= 11 is 0. The van der Waals surface area contributed by atoms with E-state index in [-0.39, 0.29) is 11.9 Å². The van der Waals surface area contributed by atoms with E-state index < -0.39 is 0 Å². The predicted molar refractivity (Wildman–Crippen MR) is 114 cm³/mol. The SMILES string of the molecule is C=C/C(CC)=C(C)\C=C1\c2nc3cc(F)c(C)c4c3c(c2CN1C)C(N)CC4. The van der Waals surface area contributed by atoms with Gasteiger partial charge in [-0.15, -0.1) is 0 Å². The van der Waals surface area contributed by atoms with Crippen LogP contribution in [0.5, 0.6) is 0 Å². The molecule has 3 nitrogen and oxygen atoms in total. The molecule has 2 aliphatic rings. The minimum absolute atomic E-state index is 0.0274. The highest BCUT2D eigenvalue weighted by Crippen LogP contribution is 2.44. The van der Waals surface area contributed by atoms with Gasteiger partial charge < -0.3 is 10.6 Å². The third-order valence-electron chi connectivity index (χ3n) is 6.36. The van der Waals surface area contributed by atoms with Crippen molar-refractivity contribution in [3.05, 3.63) is 69.7 Å². The smallest absolute Gasteiger partial charge is 0.128 e. The monoisotopic (exact) mass is 377 g/mol. The molecule has 0 radical (unpaired) electrons. The Morgan fingerprint density at radius 1 is 1.43 bits per heavy atom. The number of aryl methyl sites for hydroxylation is 1. The van der Waals surface area contributed by atoms with Crippen LogP contribution in [-0.2, 0) is 13.0 Å². The van der Waals surface area contributed by atoms with Crippen molar-refractivity contribution in [1.29, 1.82) is 0 Å². The molecule has 1 aliphatic heterocycles. The fraction of sp³-hybridized carbons (Fsp3) is 0.375. The summed E-state index contributed by atoms with van der Waals surface area (Å²) in [4.78, 5) is 7.16. The van der Waals surface area contributed by atoms with E-state index >= 15 is 0 Å². The normalized spacial score (nSPS) is 20.6. The number of nitrogens with two attached hydrogens (primary N) is 1. The van der Waals surface area contributed by atoms with Crippen molar-refractivity contribution in [2.24, 2.45) is 5.73 Å². The molecule has 1 unspecified atom stereocenters. The summed E-state index contributed by atoms with van der Waals surface area (Å²) < 4.78 is 14.6. The molecule has 0 amide bonds. The molecule has 0 saturated heterocycles. The minimum atomic E-state index is -0.177. The van der Waals surface area contributed by atoms with Crippen LogP contribution in [0, 0.1) is 12.7 Å². The quantitative estimate of drug-likeness (QED) is 0.736. The van der Waals surface area contributed by atoms with E-state index in [2.05, 4.69) is 38.5 Å². The van der Waals surface area contributed by atoms with Gasteiger partial charge in [0.15, 0.2) is 0 Å². The van der Waals surface area contributed by atoms with E-state index in [0.29, 0.717) is 0 Å². The van der Waals surface area contributed by atoms with Crippen LogP contribution in [-0.4, -0.2) is 16.9 Å². The highest BCUT2D eigenvalue weighted by atomic mass is 19.1. The van der Waals surface area contributed by atoms with Crippen molar-refractivity contribution < 1.29 is 4.39 Å². The lowest BCUT2D eigenvalue weighted by Gasteiger charge is -2.26. The highest BCUT2D eigenvalue weighted by Gasteiger charge is 2.32. The zero-order chi connectivity index (χ0) is 20.2. The van der Waals surface area contributed by atoms with Crippen LogP contribution in [0.4, 0.5) is 4.39 Å². The van der Waals surface area contributed by atoms with Crippen LogP contribution in [0.3, 0.4) is 0 Å². The van der Waals surface area contributed by atoms with E-state index in [1.807, 2.05) is 13.0 Å². The number of allylic oxidation sites excluding steroid dienone is 4. The molecule has 2 N–H and O–H groups in total. The average molecular weight is 378 g/mol. The third kappa shape index (κ3) is 2.70. The topological polar surface area (TPSA) is 42.2 Å². The molecule has 2 aromatic rings. The number of fused-ring (bicyclic) bond motifs is 2. The van der Waals surface area contributed by atoms with Crippen molar-refractivity contribution in [2.45, 2.75) is 52.6 Å². The lowest BCUT2D eigenvalue weighted by Crippen LogP contribution is -2.20. The number of hydrogen-bond acceptors (Lipinski definition) is 3. The van der Waals surface area contributed by atoms with Crippen molar-refractivity contribution in [3.8, 4) is 0 Å². The Bertz CT molecular complexity index is 1060. The largest absolute Gasteiger partial charge is 0.368 e. The summed E-state index contributed by atoms with van der Waals surface area (Å²) in [6.07, 6.45) is 6.69. The van der Waals surface area contributed by atoms with E-state index in [4.69, 9.17) is 10.7 Å². The lowest BCUT2D eigenvalue weighted by atomic mass is 9.82. The Kier molecular flexibility index (Phi) is 4.62. The van der Waals surface area contributed by atoms with Crippen molar-refractivity contribution >= 4 is 16.6 Å². The number of hydrogen-bond donors (Lipinski definition) is 1. The van der Waals surface area contributed by atoms with E-state index in [1.165, 1.54) is 22.3 Å². The molecule has 0 spiro atoms. The average Bonchev–Trinajstić information content (AvgIpc) is 2.97. The molecule has 146 valence electrons.